The van der Waals surface area contributed by atoms with Crippen LogP contribution in [0.3, 0.4) is 0 Å². The summed E-state index contributed by atoms with van der Waals surface area (Å²) >= 11 is 0. The minimum atomic E-state index is -4.80. The minimum Gasteiger partial charge on any atom is -0.494 e. The fourth-order valence-corrected chi connectivity index (χ4v) is 4.66. The van der Waals surface area contributed by atoms with E-state index in [-0.39, 0.29) is 45.7 Å². The molecule has 3 aromatic heterocycles. The Morgan fingerprint density at radius 1 is 1.00 bits per heavy atom. The molecule has 0 saturated heterocycles. The van der Waals surface area contributed by atoms with Crippen molar-refractivity contribution in [2.75, 3.05) is 14.2 Å². The van der Waals surface area contributed by atoms with Crippen molar-refractivity contribution in [1.82, 2.24) is 14.0 Å². The summed E-state index contributed by atoms with van der Waals surface area (Å²) in [5, 5.41) is 0. The number of pyridine rings is 1. The van der Waals surface area contributed by atoms with Crippen LogP contribution in [0.15, 0.2) is 48.7 Å². The summed E-state index contributed by atoms with van der Waals surface area (Å²) in [5.41, 5.74) is -1.27. The molecule has 5 aromatic rings. The predicted molar refractivity (Wildman–Crippen MR) is 129 cm³/mol. The van der Waals surface area contributed by atoms with Gasteiger partial charge in [-0.3, -0.25) is 4.79 Å². The number of halogens is 6. The van der Waals surface area contributed by atoms with Gasteiger partial charge in [0, 0.05) is 37.0 Å². The number of imidazole rings is 1. The van der Waals surface area contributed by atoms with Gasteiger partial charge in [-0.25, -0.2) is 18.2 Å². The van der Waals surface area contributed by atoms with E-state index in [1.165, 1.54) is 53.6 Å². The van der Waals surface area contributed by atoms with Gasteiger partial charge in [-0.2, -0.15) is 13.2 Å². The summed E-state index contributed by atoms with van der Waals surface area (Å²) in [6, 6.07) is 7.64. The highest BCUT2D eigenvalue weighted by molar-refractivity contribution is 6.09. The summed E-state index contributed by atoms with van der Waals surface area (Å²) in [6.45, 7) is 0.0509. The van der Waals surface area contributed by atoms with Gasteiger partial charge < -0.3 is 18.4 Å². The molecule has 6 nitrogen and oxygen atoms in total. The minimum absolute atomic E-state index is 0.0509. The van der Waals surface area contributed by atoms with E-state index in [1.807, 2.05) is 0 Å². The third-order valence-corrected chi connectivity index (χ3v) is 6.45. The van der Waals surface area contributed by atoms with Crippen molar-refractivity contribution >= 4 is 22.3 Å². The Kier molecular flexibility index (Phi) is 6.37. The molecule has 0 radical (unpaired) electrons. The first-order chi connectivity index (χ1) is 18.5. The van der Waals surface area contributed by atoms with Crippen molar-refractivity contribution in [2.45, 2.75) is 12.8 Å². The second-order valence-corrected chi connectivity index (χ2v) is 8.70. The lowest BCUT2D eigenvalue weighted by molar-refractivity contribution is -0.137. The maximum atomic E-state index is 14.5. The van der Waals surface area contributed by atoms with E-state index < -0.39 is 40.5 Å². The summed E-state index contributed by atoms with van der Waals surface area (Å²) in [7, 11) is 4.23. The Hall–Kier alpha value is -4.32. The molecule has 3 heterocycles. The number of hydrogen-bond acceptors (Lipinski definition) is 4. The van der Waals surface area contributed by atoms with Crippen LogP contribution in [0.5, 0.6) is 5.75 Å². The molecule has 0 amide bonds. The van der Waals surface area contributed by atoms with Crippen LogP contribution in [0.1, 0.15) is 27.4 Å². The van der Waals surface area contributed by atoms with Crippen molar-refractivity contribution in [3.8, 4) is 16.9 Å². The van der Waals surface area contributed by atoms with Gasteiger partial charge in [-0.05, 0) is 36.4 Å². The number of nitrogens with zero attached hydrogens (tertiary/aromatic N) is 3. The highest BCUT2D eigenvalue weighted by atomic mass is 19.4. The van der Waals surface area contributed by atoms with Crippen LogP contribution in [0.25, 0.3) is 27.7 Å². The van der Waals surface area contributed by atoms with Crippen molar-refractivity contribution in [3.63, 3.8) is 0 Å². The Bertz CT molecular complexity index is 1750. The number of fused-ring (bicyclic) bond motifs is 2. The van der Waals surface area contributed by atoms with E-state index in [0.717, 1.165) is 6.07 Å². The molecule has 0 bridgehead atoms. The molecule has 0 aliphatic carbocycles. The molecule has 0 atom stereocenters. The summed E-state index contributed by atoms with van der Waals surface area (Å²) in [5.74, 6) is -5.44. The lowest BCUT2D eigenvalue weighted by atomic mass is 9.96. The standard InChI is InChI=1S/C27H19F6N3O3/c1-35-20-11-15(27(31,32)33)22(26(39-3)24(20)34-21(35)12-38-2)14-5-4-8-36-18(14)6-7-19(36)25(37)13-9-16(28)23(30)17(29)10-13/h4-11H,12H2,1-3H3. The largest absolute Gasteiger partial charge is 0.494 e. The molecular weight excluding hydrogens is 528 g/mol. The molecular formula is C27H19F6N3O3. The van der Waals surface area contributed by atoms with Crippen LogP contribution < -0.4 is 4.74 Å². The van der Waals surface area contributed by atoms with E-state index in [2.05, 4.69) is 4.98 Å². The highest BCUT2D eigenvalue weighted by Crippen LogP contribution is 2.47. The van der Waals surface area contributed by atoms with Gasteiger partial charge in [-0.1, -0.05) is 6.07 Å². The third kappa shape index (κ3) is 4.20. The van der Waals surface area contributed by atoms with Crippen molar-refractivity contribution in [3.05, 3.63) is 88.8 Å². The number of methoxy groups -OCH3 is 2. The maximum Gasteiger partial charge on any atom is 0.417 e. The predicted octanol–water partition coefficient (Wildman–Crippen LogP) is 6.32. The first-order valence-electron chi connectivity index (χ1n) is 11.4. The lowest BCUT2D eigenvalue weighted by Gasteiger charge is -2.18. The highest BCUT2D eigenvalue weighted by Gasteiger charge is 2.38. The van der Waals surface area contributed by atoms with Gasteiger partial charge in [0.25, 0.3) is 0 Å². The topological polar surface area (TPSA) is 57.8 Å². The fourth-order valence-electron chi connectivity index (χ4n) is 4.66. The van der Waals surface area contributed by atoms with E-state index in [1.54, 1.807) is 7.05 Å². The molecule has 0 unspecified atom stereocenters. The average Bonchev–Trinajstić information content (AvgIpc) is 3.46. The van der Waals surface area contributed by atoms with Gasteiger partial charge >= 0.3 is 6.18 Å². The molecule has 2 aromatic carbocycles. The van der Waals surface area contributed by atoms with Crippen LogP contribution in [-0.2, 0) is 24.6 Å². The van der Waals surface area contributed by atoms with Crippen LogP contribution in [0.4, 0.5) is 26.3 Å². The number of ketones is 1. The molecule has 5 rings (SSSR count). The first-order valence-corrected chi connectivity index (χ1v) is 11.4. The van der Waals surface area contributed by atoms with Crippen LogP contribution in [0.2, 0.25) is 0 Å². The molecule has 0 saturated carbocycles. The molecule has 0 aliphatic heterocycles. The van der Waals surface area contributed by atoms with E-state index in [4.69, 9.17) is 9.47 Å². The normalized spacial score (nSPS) is 12.0. The van der Waals surface area contributed by atoms with Gasteiger partial charge in [0.15, 0.2) is 23.2 Å². The molecule has 12 heteroatoms. The van der Waals surface area contributed by atoms with Crippen molar-refractivity contribution in [2.24, 2.45) is 7.05 Å². The summed E-state index contributed by atoms with van der Waals surface area (Å²) in [4.78, 5) is 17.5. The van der Waals surface area contributed by atoms with Crippen LogP contribution >= 0.6 is 0 Å². The van der Waals surface area contributed by atoms with Crippen LogP contribution in [0, 0.1) is 17.5 Å². The molecule has 0 spiro atoms. The molecule has 202 valence electrons. The molecule has 0 fully saturated rings. The van der Waals surface area contributed by atoms with Crippen LogP contribution in [-0.4, -0.2) is 34.0 Å². The number of aromatic nitrogens is 3. The monoisotopic (exact) mass is 547 g/mol. The maximum absolute atomic E-state index is 14.5. The zero-order valence-electron chi connectivity index (χ0n) is 20.7. The molecule has 0 aliphatic rings. The first kappa shape index (κ1) is 26.3. The zero-order chi connectivity index (χ0) is 28.2. The van der Waals surface area contributed by atoms with Gasteiger partial charge in [0.2, 0.25) is 5.78 Å². The Morgan fingerprint density at radius 3 is 2.31 bits per heavy atom. The second-order valence-electron chi connectivity index (χ2n) is 8.70. The third-order valence-electron chi connectivity index (χ3n) is 6.45. The van der Waals surface area contributed by atoms with E-state index in [9.17, 15) is 31.1 Å². The number of hydrogen-bond donors (Lipinski definition) is 0. The van der Waals surface area contributed by atoms with E-state index >= 15 is 0 Å². The Morgan fingerprint density at radius 2 is 1.69 bits per heavy atom. The Labute approximate surface area is 217 Å². The quantitative estimate of drug-likeness (QED) is 0.142. The SMILES string of the molecule is COCc1nc2c(OC)c(-c3cccn4c(C(=O)c5cc(F)c(F)c(F)c5)ccc34)c(C(F)(F)F)cc2n1C. The molecule has 39 heavy (non-hydrogen) atoms. The summed E-state index contributed by atoms with van der Waals surface area (Å²) < 4.78 is 97.7. The zero-order valence-corrected chi connectivity index (χ0v) is 20.7. The number of carbonyl (C=O) groups is 1. The van der Waals surface area contributed by atoms with E-state index in [0.29, 0.717) is 18.0 Å². The average molecular weight is 547 g/mol. The number of aryl methyl sites for hydroxylation is 1. The van der Waals surface area contributed by atoms with Crippen molar-refractivity contribution < 1.29 is 40.6 Å². The number of carbonyl (C=O) groups excluding carboxylic acids is 1. The second kappa shape index (κ2) is 9.45. The molecule has 0 N–H and O–H groups in total. The number of alkyl halides is 3. The van der Waals surface area contributed by atoms with Gasteiger partial charge in [-0.15, -0.1) is 0 Å². The smallest absolute Gasteiger partial charge is 0.417 e. The Balaban J connectivity index is 1.78. The number of benzene rings is 2. The lowest BCUT2D eigenvalue weighted by Crippen LogP contribution is -2.10. The van der Waals surface area contributed by atoms with Gasteiger partial charge in [0.1, 0.15) is 17.9 Å². The fraction of sp³-hybridized carbons (Fsp3) is 0.185. The van der Waals surface area contributed by atoms with Gasteiger partial charge in [0.05, 0.1) is 29.4 Å². The number of rotatable bonds is 6. The summed E-state index contributed by atoms with van der Waals surface area (Å²) in [6.07, 6.45) is -3.39. The van der Waals surface area contributed by atoms with Crippen molar-refractivity contribution in [1.29, 1.82) is 0 Å². The number of ether oxygens (including phenoxy) is 2.